The van der Waals surface area contributed by atoms with Crippen molar-refractivity contribution in [3.63, 3.8) is 0 Å². The van der Waals surface area contributed by atoms with Crippen LogP contribution in [0.1, 0.15) is 90.4 Å². The van der Waals surface area contributed by atoms with Gasteiger partial charge in [0.2, 0.25) is 0 Å². The van der Waals surface area contributed by atoms with Crippen LogP contribution in [-0.2, 0) is 4.74 Å². The number of rotatable bonds is 8. The lowest BCUT2D eigenvalue weighted by molar-refractivity contribution is 0.0412. The van der Waals surface area contributed by atoms with Crippen molar-refractivity contribution >= 4 is 29.9 Å². The maximum atomic E-state index is 6.11. The van der Waals surface area contributed by atoms with Crippen LogP contribution >= 0.6 is 24.0 Å². The minimum Gasteiger partial charge on any atom is -0.378 e. The minimum absolute atomic E-state index is 0. The van der Waals surface area contributed by atoms with Gasteiger partial charge in [0.05, 0.1) is 6.10 Å². The molecule has 2 aliphatic heterocycles. The molecule has 6 heteroatoms. The summed E-state index contributed by atoms with van der Waals surface area (Å²) in [6.45, 7) is 4.88. The summed E-state index contributed by atoms with van der Waals surface area (Å²) in [6.07, 6.45) is 17.4. The Hall–Kier alpha value is -0.0800. The van der Waals surface area contributed by atoms with E-state index < -0.39 is 0 Å². The normalized spacial score (nSPS) is 29.0. The van der Waals surface area contributed by atoms with E-state index in [1.807, 2.05) is 0 Å². The van der Waals surface area contributed by atoms with Crippen LogP contribution in [0.15, 0.2) is 4.99 Å². The van der Waals surface area contributed by atoms with Gasteiger partial charge in [-0.05, 0) is 65.3 Å². The molecule has 2 unspecified atom stereocenters. The van der Waals surface area contributed by atoms with Gasteiger partial charge in [-0.15, -0.1) is 24.0 Å². The molecule has 0 radical (unpaired) electrons. The Labute approximate surface area is 196 Å². The van der Waals surface area contributed by atoms with Gasteiger partial charge < -0.3 is 20.3 Å². The van der Waals surface area contributed by atoms with E-state index in [-0.39, 0.29) is 24.0 Å². The lowest BCUT2D eigenvalue weighted by atomic mass is 9.82. The molecule has 2 N–H and O–H groups in total. The highest BCUT2D eigenvalue weighted by Crippen LogP contribution is 2.32. The number of piperidine rings is 2. The van der Waals surface area contributed by atoms with Crippen LogP contribution in [-0.4, -0.2) is 61.8 Å². The first-order chi connectivity index (χ1) is 13.8. The van der Waals surface area contributed by atoms with Gasteiger partial charge in [0, 0.05) is 37.8 Å². The molecule has 3 rings (SSSR count). The van der Waals surface area contributed by atoms with E-state index in [0.717, 1.165) is 50.6 Å². The van der Waals surface area contributed by atoms with E-state index in [4.69, 9.17) is 9.73 Å². The number of ether oxygens (including phenoxy) is 1. The van der Waals surface area contributed by atoms with E-state index in [0.29, 0.717) is 12.1 Å². The molecule has 0 amide bonds. The third-order valence-corrected chi connectivity index (χ3v) is 7.00. The van der Waals surface area contributed by atoms with Crippen LogP contribution in [0.2, 0.25) is 0 Å². The second kappa shape index (κ2) is 14.1. The summed E-state index contributed by atoms with van der Waals surface area (Å²) in [7, 11) is 2.32. The molecule has 1 saturated carbocycles. The molecule has 29 heavy (non-hydrogen) atoms. The molecule has 0 aromatic heterocycles. The highest BCUT2D eigenvalue weighted by Gasteiger charge is 2.36. The topological polar surface area (TPSA) is 48.9 Å². The Morgan fingerprint density at radius 3 is 2.31 bits per heavy atom. The number of hydrogen-bond donors (Lipinski definition) is 2. The van der Waals surface area contributed by atoms with Gasteiger partial charge in [-0.1, -0.05) is 32.1 Å². The molecule has 2 atom stereocenters. The van der Waals surface area contributed by atoms with Crippen LogP contribution in [0.25, 0.3) is 0 Å². The minimum atomic E-state index is 0. The molecule has 170 valence electrons. The maximum Gasteiger partial charge on any atom is 0.191 e. The van der Waals surface area contributed by atoms with Gasteiger partial charge in [-0.2, -0.15) is 0 Å². The number of hydrogen-bond acceptors (Lipinski definition) is 3. The fraction of sp³-hybridized carbons (Fsp3) is 0.957. The molecule has 3 aliphatic rings. The zero-order valence-electron chi connectivity index (χ0n) is 18.8. The molecule has 0 aromatic rings. The van der Waals surface area contributed by atoms with E-state index in [1.165, 1.54) is 70.6 Å². The smallest absolute Gasteiger partial charge is 0.191 e. The van der Waals surface area contributed by atoms with Crippen molar-refractivity contribution in [3.8, 4) is 0 Å². The van der Waals surface area contributed by atoms with Crippen molar-refractivity contribution in [3.05, 3.63) is 0 Å². The van der Waals surface area contributed by atoms with Gasteiger partial charge >= 0.3 is 0 Å². The van der Waals surface area contributed by atoms with Crippen LogP contribution in [0, 0.1) is 0 Å². The van der Waals surface area contributed by atoms with Crippen molar-refractivity contribution < 1.29 is 4.74 Å². The highest BCUT2D eigenvalue weighted by atomic mass is 127. The maximum absolute atomic E-state index is 6.11. The summed E-state index contributed by atoms with van der Waals surface area (Å²) in [6, 6.07) is 2.09. The monoisotopic (exact) mass is 520 g/mol. The van der Waals surface area contributed by atoms with E-state index >= 15 is 0 Å². The number of nitrogens with zero attached hydrogens (tertiary/aromatic N) is 2. The van der Waals surface area contributed by atoms with Gasteiger partial charge in [-0.3, -0.25) is 4.99 Å². The van der Waals surface area contributed by atoms with E-state index in [1.54, 1.807) is 0 Å². The lowest BCUT2D eigenvalue weighted by Gasteiger charge is -2.47. The zero-order chi connectivity index (χ0) is 19.6. The number of unbranched alkanes of at least 4 members (excludes halogenated alkanes) is 1. The fourth-order valence-electron chi connectivity index (χ4n) is 5.31. The summed E-state index contributed by atoms with van der Waals surface area (Å²) >= 11 is 0. The predicted molar refractivity (Wildman–Crippen MR) is 133 cm³/mol. The molecule has 5 nitrogen and oxygen atoms in total. The van der Waals surface area contributed by atoms with Crippen molar-refractivity contribution in [2.24, 2.45) is 4.99 Å². The quantitative estimate of drug-likeness (QED) is 0.160. The summed E-state index contributed by atoms with van der Waals surface area (Å²) < 4.78 is 6.11. The number of fused-ring (bicyclic) bond motifs is 2. The summed E-state index contributed by atoms with van der Waals surface area (Å²) in [5.74, 6) is 1.01. The average Bonchev–Trinajstić information content (AvgIpc) is 2.94. The van der Waals surface area contributed by atoms with Gasteiger partial charge in [0.1, 0.15) is 0 Å². The van der Waals surface area contributed by atoms with E-state index in [9.17, 15) is 0 Å². The molecule has 1 aliphatic carbocycles. The molecule has 2 bridgehead atoms. The Balaban J connectivity index is 0.00000300. The standard InChI is InChI=1S/C23H44N4O.HI/c1-3-24-23(26-19-17-20-11-10-12-21(18-19)27(20)2)25-15-8-9-16-28-22-13-6-4-5-7-14-22;/h19-22H,3-18H2,1-2H3,(H2,24,25,26);1H. The van der Waals surface area contributed by atoms with Crippen LogP contribution < -0.4 is 10.6 Å². The predicted octanol–water partition coefficient (Wildman–Crippen LogP) is 4.69. The first-order valence-electron chi connectivity index (χ1n) is 12.1. The van der Waals surface area contributed by atoms with Crippen LogP contribution in [0.3, 0.4) is 0 Å². The molecule has 0 aromatic carbocycles. The number of aliphatic imine (C=N–C) groups is 1. The molecule has 3 fully saturated rings. The second-order valence-corrected chi connectivity index (χ2v) is 9.17. The first-order valence-corrected chi connectivity index (χ1v) is 12.1. The molecule has 2 saturated heterocycles. The average molecular weight is 521 g/mol. The second-order valence-electron chi connectivity index (χ2n) is 9.17. The largest absolute Gasteiger partial charge is 0.378 e. The highest BCUT2D eigenvalue weighted by molar-refractivity contribution is 14.0. The lowest BCUT2D eigenvalue weighted by Crippen LogP contribution is -2.56. The van der Waals surface area contributed by atoms with Crippen LogP contribution in [0.5, 0.6) is 0 Å². The molecular formula is C23H45IN4O. The van der Waals surface area contributed by atoms with Crippen molar-refractivity contribution in [2.75, 3.05) is 26.7 Å². The SMILES string of the molecule is CCNC(=NCCCCOC1CCCCCC1)NC1CC2CCCC(C1)N2C.I. The van der Waals surface area contributed by atoms with Gasteiger partial charge in [0.15, 0.2) is 5.96 Å². The zero-order valence-corrected chi connectivity index (χ0v) is 21.2. The van der Waals surface area contributed by atoms with E-state index in [2.05, 4.69) is 29.5 Å². The van der Waals surface area contributed by atoms with Crippen molar-refractivity contribution in [2.45, 2.75) is 115 Å². The number of halogens is 1. The third kappa shape index (κ3) is 8.52. The summed E-state index contributed by atoms with van der Waals surface area (Å²) in [5, 5.41) is 7.19. The van der Waals surface area contributed by atoms with Crippen molar-refractivity contribution in [1.29, 1.82) is 0 Å². The van der Waals surface area contributed by atoms with Crippen LogP contribution in [0.4, 0.5) is 0 Å². The first kappa shape index (κ1) is 25.2. The van der Waals surface area contributed by atoms with Gasteiger partial charge in [0.25, 0.3) is 0 Å². The summed E-state index contributed by atoms with van der Waals surface area (Å²) in [5.41, 5.74) is 0. The Morgan fingerprint density at radius 1 is 0.966 bits per heavy atom. The Kier molecular flexibility index (Phi) is 12.2. The van der Waals surface area contributed by atoms with Crippen molar-refractivity contribution in [1.82, 2.24) is 15.5 Å². The molecule has 2 heterocycles. The fourth-order valence-corrected chi connectivity index (χ4v) is 5.31. The number of nitrogens with one attached hydrogen (secondary N) is 2. The Morgan fingerprint density at radius 2 is 1.66 bits per heavy atom. The molecular weight excluding hydrogens is 475 g/mol. The Bertz CT molecular complexity index is 454. The molecule has 0 spiro atoms. The summed E-state index contributed by atoms with van der Waals surface area (Å²) in [4.78, 5) is 7.47. The third-order valence-electron chi connectivity index (χ3n) is 7.00. The van der Waals surface area contributed by atoms with Gasteiger partial charge in [-0.25, -0.2) is 0 Å². The number of guanidine groups is 1.